The van der Waals surface area contributed by atoms with E-state index < -0.39 is 0 Å². The van der Waals surface area contributed by atoms with E-state index in [9.17, 15) is 4.79 Å². The molecule has 142 valence electrons. The van der Waals surface area contributed by atoms with Gasteiger partial charge in [0.1, 0.15) is 5.75 Å². The van der Waals surface area contributed by atoms with Crippen molar-refractivity contribution >= 4 is 18.3 Å². The summed E-state index contributed by atoms with van der Waals surface area (Å²) in [7, 11) is 3.23. The van der Waals surface area contributed by atoms with E-state index in [2.05, 4.69) is 17.4 Å². The third-order valence-corrected chi connectivity index (χ3v) is 4.79. The molecule has 0 saturated carbocycles. The number of rotatable bonds is 8. The van der Waals surface area contributed by atoms with Crippen LogP contribution >= 0.6 is 12.4 Å². The zero-order chi connectivity index (χ0) is 17.4. The van der Waals surface area contributed by atoms with Crippen LogP contribution in [0.15, 0.2) is 24.3 Å². The Morgan fingerprint density at radius 2 is 1.92 bits per heavy atom. The highest BCUT2D eigenvalue weighted by molar-refractivity contribution is 5.85. The third kappa shape index (κ3) is 5.85. The maximum absolute atomic E-state index is 12.2. The van der Waals surface area contributed by atoms with Crippen LogP contribution in [0.3, 0.4) is 0 Å². The van der Waals surface area contributed by atoms with Crippen molar-refractivity contribution in [3.8, 4) is 5.75 Å². The van der Waals surface area contributed by atoms with Gasteiger partial charge in [-0.3, -0.25) is 4.79 Å². The number of hydrogen-bond acceptors (Lipinski definition) is 5. The molecule has 1 aromatic rings. The van der Waals surface area contributed by atoms with Crippen molar-refractivity contribution in [3.05, 3.63) is 29.8 Å². The molecule has 3 N–H and O–H groups in total. The average molecular weight is 373 g/mol. The molecule has 1 fully saturated rings. The van der Waals surface area contributed by atoms with Gasteiger partial charge in [0.15, 0.2) is 0 Å². The molecule has 0 radical (unpaired) electrons. The molecule has 6 nitrogen and oxygen atoms in total. The number of carbonyl (C=O) groups excluding carboxylic acids is 1. The highest BCUT2D eigenvalue weighted by Gasteiger charge is 2.35. The lowest BCUT2D eigenvalue weighted by Crippen LogP contribution is -2.45. The Labute approximate surface area is 155 Å². The summed E-state index contributed by atoms with van der Waals surface area (Å²) >= 11 is 0. The van der Waals surface area contributed by atoms with E-state index in [0.717, 1.165) is 18.6 Å². The van der Waals surface area contributed by atoms with Crippen molar-refractivity contribution in [2.45, 2.75) is 30.8 Å². The topological polar surface area (TPSA) is 82.8 Å². The Morgan fingerprint density at radius 1 is 1.28 bits per heavy atom. The molecular formula is C18H29ClN2O4. The molecule has 1 aliphatic heterocycles. The van der Waals surface area contributed by atoms with Crippen molar-refractivity contribution in [1.82, 2.24) is 5.32 Å². The van der Waals surface area contributed by atoms with Gasteiger partial charge in [-0.1, -0.05) is 12.1 Å². The number of benzene rings is 1. The van der Waals surface area contributed by atoms with E-state index >= 15 is 0 Å². The number of amides is 1. The van der Waals surface area contributed by atoms with Gasteiger partial charge in [0.05, 0.1) is 19.6 Å². The molecule has 1 atom stereocenters. The number of carbonyl (C=O) groups is 1. The number of hydrogen-bond donors (Lipinski definition) is 2. The molecule has 1 saturated heterocycles. The van der Waals surface area contributed by atoms with E-state index in [1.54, 1.807) is 14.2 Å². The SMILES string of the molecule is COc1ccc(C2(CNC(=O)CC(CN)OC)CCOCC2)cc1.Cl. The van der Waals surface area contributed by atoms with E-state index in [4.69, 9.17) is 19.9 Å². The Bertz CT molecular complexity index is 514. The highest BCUT2D eigenvalue weighted by atomic mass is 35.5. The van der Waals surface area contributed by atoms with Crippen LogP contribution in [0.4, 0.5) is 0 Å². The monoisotopic (exact) mass is 372 g/mol. The summed E-state index contributed by atoms with van der Waals surface area (Å²) in [5.41, 5.74) is 6.68. The molecule has 2 rings (SSSR count). The van der Waals surface area contributed by atoms with Crippen molar-refractivity contribution in [3.63, 3.8) is 0 Å². The Balaban J connectivity index is 0.00000312. The lowest BCUT2D eigenvalue weighted by Gasteiger charge is -2.38. The zero-order valence-corrected chi connectivity index (χ0v) is 15.8. The second-order valence-corrected chi connectivity index (χ2v) is 6.20. The lowest BCUT2D eigenvalue weighted by molar-refractivity contribution is -0.123. The van der Waals surface area contributed by atoms with Gasteiger partial charge < -0.3 is 25.3 Å². The molecule has 1 aromatic carbocycles. The van der Waals surface area contributed by atoms with Crippen LogP contribution in [-0.2, 0) is 19.7 Å². The quantitative estimate of drug-likeness (QED) is 0.725. The number of nitrogens with one attached hydrogen (secondary N) is 1. The molecule has 7 heteroatoms. The maximum atomic E-state index is 12.2. The fourth-order valence-corrected chi connectivity index (χ4v) is 3.08. The van der Waals surface area contributed by atoms with Crippen LogP contribution in [0, 0.1) is 0 Å². The van der Waals surface area contributed by atoms with Gasteiger partial charge in [0.2, 0.25) is 5.91 Å². The van der Waals surface area contributed by atoms with Gasteiger partial charge in [-0.15, -0.1) is 12.4 Å². The normalized spacial score (nSPS) is 17.2. The second kappa shape index (κ2) is 10.6. The predicted octanol–water partition coefficient (Wildman–Crippen LogP) is 1.65. The third-order valence-electron chi connectivity index (χ3n) is 4.79. The summed E-state index contributed by atoms with van der Waals surface area (Å²) < 4.78 is 15.9. The van der Waals surface area contributed by atoms with Crippen molar-refractivity contribution in [2.75, 3.05) is 40.5 Å². The molecular weight excluding hydrogens is 344 g/mol. The first-order valence-electron chi connectivity index (χ1n) is 8.35. The summed E-state index contributed by atoms with van der Waals surface area (Å²) in [5, 5.41) is 3.06. The molecule has 0 aromatic heterocycles. The average Bonchev–Trinajstić information content (AvgIpc) is 2.65. The van der Waals surface area contributed by atoms with Crippen molar-refractivity contribution in [2.24, 2.45) is 5.73 Å². The summed E-state index contributed by atoms with van der Waals surface area (Å²) in [5.74, 6) is 0.794. The number of methoxy groups -OCH3 is 2. The Hall–Kier alpha value is -1.34. The van der Waals surface area contributed by atoms with Crippen LogP contribution in [0.1, 0.15) is 24.8 Å². The summed E-state index contributed by atoms with van der Waals surface area (Å²) in [6.07, 6.45) is 1.80. The molecule has 25 heavy (non-hydrogen) atoms. The molecule has 0 aliphatic carbocycles. The number of halogens is 1. The minimum atomic E-state index is -0.239. The second-order valence-electron chi connectivity index (χ2n) is 6.20. The van der Waals surface area contributed by atoms with Crippen LogP contribution in [0.25, 0.3) is 0 Å². The van der Waals surface area contributed by atoms with Gasteiger partial charge in [-0.05, 0) is 30.5 Å². The molecule has 1 aliphatic rings. The highest BCUT2D eigenvalue weighted by Crippen LogP contribution is 2.35. The number of nitrogens with two attached hydrogens (primary N) is 1. The molecule has 1 heterocycles. The summed E-state index contributed by atoms with van der Waals surface area (Å²) in [6.45, 7) is 2.32. The van der Waals surface area contributed by atoms with E-state index in [1.807, 2.05) is 12.1 Å². The van der Waals surface area contributed by atoms with Gasteiger partial charge >= 0.3 is 0 Å². The van der Waals surface area contributed by atoms with E-state index in [0.29, 0.717) is 26.3 Å². The fraction of sp³-hybridized carbons (Fsp3) is 0.611. The summed E-state index contributed by atoms with van der Waals surface area (Å²) in [6, 6.07) is 8.08. The van der Waals surface area contributed by atoms with Crippen molar-refractivity contribution in [1.29, 1.82) is 0 Å². The maximum Gasteiger partial charge on any atom is 0.222 e. The number of ether oxygens (including phenoxy) is 3. The van der Waals surface area contributed by atoms with Gasteiger partial charge in [-0.25, -0.2) is 0 Å². The Morgan fingerprint density at radius 3 is 2.44 bits per heavy atom. The minimum Gasteiger partial charge on any atom is -0.497 e. The molecule has 1 amide bonds. The molecule has 0 spiro atoms. The van der Waals surface area contributed by atoms with Crippen LogP contribution < -0.4 is 15.8 Å². The zero-order valence-electron chi connectivity index (χ0n) is 15.0. The first-order chi connectivity index (χ1) is 11.6. The van der Waals surface area contributed by atoms with Crippen LogP contribution in [0.2, 0.25) is 0 Å². The van der Waals surface area contributed by atoms with Crippen LogP contribution in [0.5, 0.6) is 5.75 Å². The first kappa shape index (κ1) is 21.7. The lowest BCUT2D eigenvalue weighted by atomic mass is 9.74. The Kier molecular flexibility index (Phi) is 9.21. The van der Waals surface area contributed by atoms with Crippen molar-refractivity contribution < 1.29 is 19.0 Å². The molecule has 0 bridgehead atoms. The summed E-state index contributed by atoms with van der Waals surface area (Å²) in [4.78, 5) is 12.2. The van der Waals surface area contributed by atoms with E-state index in [1.165, 1.54) is 5.56 Å². The van der Waals surface area contributed by atoms with Gasteiger partial charge in [0, 0.05) is 38.8 Å². The first-order valence-corrected chi connectivity index (χ1v) is 8.35. The smallest absolute Gasteiger partial charge is 0.222 e. The minimum absolute atomic E-state index is 0. The molecule has 1 unspecified atom stereocenters. The standard InChI is InChI=1S/C18H28N2O4.ClH/c1-22-15-5-3-14(4-6-15)18(7-9-24-10-8-18)13-20-17(21)11-16(12-19)23-2;/h3-6,16H,7-13,19H2,1-2H3,(H,20,21);1H. The fourth-order valence-electron chi connectivity index (χ4n) is 3.08. The predicted molar refractivity (Wildman–Crippen MR) is 99.5 cm³/mol. The van der Waals surface area contributed by atoms with E-state index in [-0.39, 0.29) is 36.3 Å². The van der Waals surface area contributed by atoms with Gasteiger partial charge in [0.25, 0.3) is 0 Å². The van der Waals surface area contributed by atoms with Crippen LogP contribution in [-0.4, -0.2) is 52.5 Å². The van der Waals surface area contributed by atoms with Gasteiger partial charge in [-0.2, -0.15) is 0 Å². The largest absolute Gasteiger partial charge is 0.497 e.